The Balaban J connectivity index is 1.57. The van der Waals surface area contributed by atoms with Gasteiger partial charge in [0.2, 0.25) is 0 Å². The Bertz CT molecular complexity index is 1230. The summed E-state index contributed by atoms with van der Waals surface area (Å²) in [6.45, 7) is 0. The molecular formula is C20H16FN3O3S3. The van der Waals surface area contributed by atoms with Gasteiger partial charge < -0.3 is 0 Å². The number of nitrogens with one attached hydrogen (secondary N) is 2. The Morgan fingerprint density at radius 2 is 1.93 bits per heavy atom. The summed E-state index contributed by atoms with van der Waals surface area (Å²) in [6.07, 6.45) is 0.577. The number of fused-ring (bicyclic) bond motifs is 1. The van der Waals surface area contributed by atoms with E-state index in [1.807, 2.05) is 0 Å². The number of thioether (sulfide) groups is 1. The van der Waals surface area contributed by atoms with Gasteiger partial charge in [0.15, 0.2) is 0 Å². The maximum Gasteiger partial charge on any atom is 0.273 e. The number of rotatable bonds is 5. The van der Waals surface area contributed by atoms with Crippen LogP contribution < -0.4 is 10.1 Å². The molecule has 0 atom stereocenters. The standard InChI is InChI=1S/C20H16FN3O3S3/c21-13-7-8-18-15(12-13)16(9-11-28-18)22-23-20(25)14-4-1-2-5-17(14)24-30(26,27)19-6-3-10-29-19/h1-8,10,12,24H,9,11H2,(H,23,25)/b22-16-. The number of hydrazone groups is 1. The molecule has 4 rings (SSSR count). The van der Waals surface area contributed by atoms with E-state index in [4.69, 9.17) is 0 Å². The highest BCUT2D eigenvalue weighted by atomic mass is 32.2. The molecule has 1 aliphatic heterocycles. The number of sulfonamides is 1. The van der Waals surface area contributed by atoms with Gasteiger partial charge in [0.25, 0.3) is 15.9 Å². The molecule has 0 unspecified atom stereocenters. The van der Waals surface area contributed by atoms with E-state index in [9.17, 15) is 17.6 Å². The second-order valence-corrected chi connectivity index (χ2v) is 10.3. The maximum atomic E-state index is 13.6. The lowest BCUT2D eigenvalue weighted by molar-refractivity contribution is 0.0955. The Labute approximate surface area is 181 Å². The number of halogens is 1. The molecule has 1 aromatic heterocycles. The minimum absolute atomic E-state index is 0.131. The number of hydrogen-bond acceptors (Lipinski definition) is 6. The van der Waals surface area contributed by atoms with Crippen LogP contribution >= 0.6 is 23.1 Å². The average Bonchev–Trinajstić information content (AvgIpc) is 3.28. The summed E-state index contributed by atoms with van der Waals surface area (Å²) in [5.41, 5.74) is 3.98. The van der Waals surface area contributed by atoms with E-state index < -0.39 is 15.9 Å². The number of anilines is 1. The summed E-state index contributed by atoms with van der Waals surface area (Å²) in [6, 6.07) is 13.9. The zero-order chi connectivity index (χ0) is 21.1. The van der Waals surface area contributed by atoms with Crippen LogP contribution in [-0.2, 0) is 10.0 Å². The molecule has 1 aliphatic rings. The van der Waals surface area contributed by atoms with E-state index in [-0.39, 0.29) is 21.3 Å². The van der Waals surface area contributed by atoms with Crippen molar-refractivity contribution < 1.29 is 17.6 Å². The highest BCUT2D eigenvalue weighted by molar-refractivity contribution is 7.99. The summed E-state index contributed by atoms with van der Waals surface area (Å²) in [4.78, 5) is 13.6. The molecule has 0 saturated carbocycles. The van der Waals surface area contributed by atoms with Crippen molar-refractivity contribution in [2.45, 2.75) is 15.5 Å². The molecular weight excluding hydrogens is 445 g/mol. The summed E-state index contributed by atoms with van der Waals surface area (Å²) in [7, 11) is -3.80. The van der Waals surface area contributed by atoms with Gasteiger partial charge in [0.05, 0.1) is 17.0 Å². The molecule has 6 nitrogen and oxygen atoms in total. The predicted molar refractivity (Wildman–Crippen MR) is 117 cm³/mol. The number of nitrogens with zero attached hydrogens (tertiary/aromatic N) is 1. The second-order valence-electron chi connectivity index (χ2n) is 6.32. The quantitative estimate of drug-likeness (QED) is 0.554. The highest BCUT2D eigenvalue weighted by Gasteiger charge is 2.20. The van der Waals surface area contributed by atoms with E-state index >= 15 is 0 Å². The minimum Gasteiger partial charge on any atom is -0.278 e. The van der Waals surface area contributed by atoms with Gasteiger partial charge in [-0.25, -0.2) is 18.2 Å². The van der Waals surface area contributed by atoms with E-state index in [2.05, 4.69) is 15.2 Å². The first kappa shape index (κ1) is 20.6. The monoisotopic (exact) mass is 461 g/mol. The third-order valence-electron chi connectivity index (χ3n) is 4.32. The lowest BCUT2D eigenvalue weighted by Crippen LogP contribution is -2.23. The molecule has 2 N–H and O–H groups in total. The number of para-hydroxylation sites is 1. The second kappa shape index (κ2) is 8.58. The third kappa shape index (κ3) is 4.40. The van der Waals surface area contributed by atoms with Crippen molar-refractivity contribution in [1.29, 1.82) is 0 Å². The molecule has 0 fully saturated rings. The van der Waals surface area contributed by atoms with Gasteiger partial charge >= 0.3 is 0 Å². The Hall–Kier alpha value is -2.69. The van der Waals surface area contributed by atoms with Crippen molar-refractivity contribution in [2.24, 2.45) is 5.10 Å². The maximum absolute atomic E-state index is 13.6. The number of amides is 1. The first-order chi connectivity index (χ1) is 14.4. The number of carbonyl (C=O) groups is 1. The van der Waals surface area contributed by atoms with Crippen molar-refractivity contribution in [3.8, 4) is 0 Å². The SMILES string of the molecule is O=C(N/N=C1/CCSc2ccc(F)cc21)c1ccccc1NS(=O)(=O)c1cccs1. The number of benzene rings is 2. The smallest absolute Gasteiger partial charge is 0.273 e. The molecule has 0 radical (unpaired) electrons. The highest BCUT2D eigenvalue weighted by Crippen LogP contribution is 2.30. The third-order valence-corrected chi connectivity index (χ3v) is 8.16. The molecule has 0 aliphatic carbocycles. The molecule has 10 heteroatoms. The Kier molecular flexibility index (Phi) is 5.89. The first-order valence-corrected chi connectivity index (χ1v) is 12.2. The van der Waals surface area contributed by atoms with Gasteiger partial charge in [-0.3, -0.25) is 9.52 Å². The van der Waals surface area contributed by atoms with Gasteiger partial charge in [-0.15, -0.1) is 23.1 Å². The van der Waals surface area contributed by atoms with Gasteiger partial charge in [-0.05, 0) is 41.8 Å². The molecule has 3 aromatic rings. The van der Waals surface area contributed by atoms with Gasteiger partial charge in [-0.1, -0.05) is 18.2 Å². The fourth-order valence-electron chi connectivity index (χ4n) is 2.92. The van der Waals surface area contributed by atoms with E-state index in [0.29, 0.717) is 17.7 Å². The molecule has 0 bridgehead atoms. The van der Waals surface area contributed by atoms with Crippen LogP contribution in [0.2, 0.25) is 0 Å². The van der Waals surface area contributed by atoms with Crippen LogP contribution in [0, 0.1) is 5.82 Å². The predicted octanol–water partition coefficient (Wildman–Crippen LogP) is 4.32. The lowest BCUT2D eigenvalue weighted by atomic mass is 10.1. The van der Waals surface area contributed by atoms with Crippen molar-refractivity contribution in [2.75, 3.05) is 10.5 Å². The molecule has 2 aromatic carbocycles. The Morgan fingerprint density at radius 1 is 1.10 bits per heavy atom. The van der Waals surface area contributed by atoms with Crippen molar-refractivity contribution in [3.63, 3.8) is 0 Å². The molecule has 0 spiro atoms. The van der Waals surface area contributed by atoms with E-state index in [0.717, 1.165) is 22.0 Å². The number of hydrogen-bond donors (Lipinski definition) is 2. The topological polar surface area (TPSA) is 87.6 Å². The Morgan fingerprint density at radius 3 is 2.73 bits per heavy atom. The molecule has 30 heavy (non-hydrogen) atoms. The first-order valence-electron chi connectivity index (χ1n) is 8.89. The van der Waals surface area contributed by atoms with E-state index in [1.165, 1.54) is 30.3 Å². The summed E-state index contributed by atoms with van der Waals surface area (Å²) in [5.74, 6) is -0.170. The average molecular weight is 462 g/mol. The number of thiophene rings is 1. The van der Waals surface area contributed by atoms with Crippen LogP contribution in [-0.4, -0.2) is 25.8 Å². The zero-order valence-corrected chi connectivity index (χ0v) is 17.9. The van der Waals surface area contributed by atoms with Crippen LogP contribution in [0.25, 0.3) is 0 Å². The summed E-state index contributed by atoms with van der Waals surface area (Å²) < 4.78 is 41.3. The van der Waals surface area contributed by atoms with Crippen molar-refractivity contribution >= 4 is 50.4 Å². The minimum atomic E-state index is -3.80. The van der Waals surface area contributed by atoms with Crippen LogP contribution in [0.5, 0.6) is 0 Å². The van der Waals surface area contributed by atoms with Gasteiger partial charge in [-0.2, -0.15) is 5.10 Å². The van der Waals surface area contributed by atoms with Crippen LogP contribution in [0.4, 0.5) is 10.1 Å². The molecule has 1 amide bonds. The van der Waals surface area contributed by atoms with Crippen LogP contribution in [0.15, 0.2) is 74.2 Å². The molecule has 0 saturated heterocycles. The van der Waals surface area contributed by atoms with Crippen LogP contribution in [0.3, 0.4) is 0 Å². The normalized spacial score (nSPS) is 14.9. The van der Waals surface area contributed by atoms with Crippen molar-refractivity contribution in [3.05, 3.63) is 76.9 Å². The lowest BCUT2D eigenvalue weighted by Gasteiger charge is -2.17. The zero-order valence-electron chi connectivity index (χ0n) is 15.5. The molecule has 2 heterocycles. The van der Waals surface area contributed by atoms with E-state index in [1.54, 1.807) is 41.4 Å². The largest absolute Gasteiger partial charge is 0.278 e. The van der Waals surface area contributed by atoms with Gasteiger partial charge in [0, 0.05) is 22.6 Å². The van der Waals surface area contributed by atoms with Crippen molar-refractivity contribution in [1.82, 2.24) is 5.43 Å². The summed E-state index contributed by atoms with van der Waals surface area (Å²) in [5, 5.41) is 5.85. The number of carbonyl (C=O) groups excluding carboxylic acids is 1. The fourth-order valence-corrected chi connectivity index (χ4v) is 6.01. The molecule has 154 valence electrons. The summed E-state index contributed by atoms with van der Waals surface area (Å²) >= 11 is 2.68. The fraction of sp³-hybridized carbons (Fsp3) is 0.100. The van der Waals surface area contributed by atoms with Gasteiger partial charge in [0.1, 0.15) is 10.0 Å². The van der Waals surface area contributed by atoms with Crippen LogP contribution in [0.1, 0.15) is 22.3 Å².